The predicted molar refractivity (Wildman–Crippen MR) is 80.2 cm³/mol. The molecule has 5 nitrogen and oxygen atoms in total. The number of aromatic nitrogens is 1. The second kappa shape index (κ2) is 6.11. The number of carbonyl (C=O) groups is 1. The van der Waals surface area contributed by atoms with E-state index in [2.05, 4.69) is 26.2 Å². The van der Waals surface area contributed by atoms with Gasteiger partial charge in [0.2, 0.25) is 0 Å². The van der Waals surface area contributed by atoms with Crippen LogP contribution in [0.4, 0.5) is 11.5 Å². The Kier molecular flexibility index (Phi) is 4.46. The van der Waals surface area contributed by atoms with E-state index in [9.17, 15) is 4.79 Å². The Morgan fingerprint density at radius 2 is 2.20 bits per heavy atom. The molecule has 1 aromatic carbocycles. The van der Waals surface area contributed by atoms with Gasteiger partial charge in [-0.3, -0.25) is 0 Å². The first-order valence-electron chi connectivity index (χ1n) is 5.50. The van der Waals surface area contributed by atoms with Gasteiger partial charge < -0.3 is 15.2 Å². The van der Waals surface area contributed by atoms with E-state index in [-0.39, 0.29) is 10.6 Å². The van der Waals surface area contributed by atoms with E-state index in [0.717, 1.165) is 10.2 Å². The number of methoxy groups -OCH3 is 1. The van der Waals surface area contributed by atoms with Crippen LogP contribution in [0.1, 0.15) is 10.4 Å². The fraction of sp³-hybridized carbons (Fsp3) is 0.0769. The van der Waals surface area contributed by atoms with Gasteiger partial charge in [-0.15, -0.1) is 0 Å². The highest BCUT2D eigenvalue weighted by molar-refractivity contribution is 9.10. The number of halogens is 2. The number of carboxylic acid groups (broad SMARTS) is 1. The summed E-state index contributed by atoms with van der Waals surface area (Å²) in [5.74, 6) is -0.0365. The van der Waals surface area contributed by atoms with Crippen LogP contribution in [0.5, 0.6) is 5.75 Å². The number of ether oxygens (including phenoxy) is 1. The molecule has 0 aliphatic carbocycles. The molecule has 0 bridgehead atoms. The van der Waals surface area contributed by atoms with E-state index in [0.29, 0.717) is 11.6 Å². The molecule has 0 fully saturated rings. The SMILES string of the molecule is COc1cc(Nc2ncc(C(=O)O)cc2Cl)ccc1Br. The van der Waals surface area contributed by atoms with Crippen molar-refractivity contribution in [1.82, 2.24) is 4.98 Å². The molecule has 0 radical (unpaired) electrons. The largest absolute Gasteiger partial charge is 0.495 e. The standard InChI is InChI=1S/C13H10BrClN2O3/c1-20-11-5-8(2-3-9(11)14)17-12-10(15)4-7(6-16-12)13(18)19/h2-6H,1H3,(H,16,17)(H,18,19). The smallest absolute Gasteiger partial charge is 0.337 e. The fourth-order valence-corrected chi connectivity index (χ4v) is 2.14. The Balaban J connectivity index is 2.28. The van der Waals surface area contributed by atoms with E-state index in [1.54, 1.807) is 13.2 Å². The van der Waals surface area contributed by atoms with Gasteiger partial charge in [-0.05, 0) is 34.1 Å². The summed E-state index contributed by atoms with van der Waals surface area (Å²) in [7, 11) is 1.57. The second-order valence-electron chi connectivity index (χ2n) is 3.83. The van der Waals surface area contributed by atoms with Crippen molar-refractivity contribution in [2.75, 3.05) is 12.4 Å². The molecule has 1 heterocycles. The minimum Gasteiger partial charge on any atom is -0.495 e. The summed E-state index contributed by atoms with van der Waals surface area (Å²) in [5.41, 5.74) is 0.761. The molecular weight excluding hydrogens is 348 g/mol. The first-order chi connectivity index (χ1) is 9.51. The number of anilines is 2. The van der Waals surface area contributed by atoms with Crippen LogP contribution >= 0.6 is 27.5 Å². The molecule has 0 amide bonds. The molecule has 2 aromatic rings. The third-order valence-corrected chi connectivity index (χ3v) is 3.45. The Morgan fingerprint density at radius 1 is 1.45 bits per heavy atom. The van der Waals surface area contributed by atoms with Crippen molar-refractivity contribution in [2.24, 2.45) is 0 Å². The van der Waals surface area contributed by atoms with Gasteiger partial charge in [0.05, 0.1) is 22.2 Å². The van der Waals surface area contributed by atoms with Crippen molar-refractivity contribution < 1.29 is 14.6 Å². The average molecular weight is 358 g/mol. The van der Waals surface area contributed by atoms with Crippen molar-refractivity contribution >= 4 is 45.0 Å². The van der Waals surface area contributed by atoms with Gasteiger partial charge in [-0.25, -0.2) is 9.78 Å². The quantitative estimate of drug-likeness (QED) is 0.867. The highest BCUT2D eigenvalue weighted by Crippen LogP contribution is 2.30. The van der Waals surface area contributed by atoms with E-state index < -0.39 is 5.97 Å². The maximum atomic E-state index is 10.8. The minimum absolute atomic E-state index is 0.0361. The van der Waals surface area contributed by atoms with Crippen molar-refractivity contribution in [1.29, 1.82) is 0 Å². The van der Waals surface area contributed by atoms with Crippen molar-refractivity contribution in [3.8, 4) is 5.75 Å². The molecule has 104 valence electrons. The van der Waals surface area contributed by atoms with Crippen molar-refractivity contribution in [3.63, 3.8) is 0 Å². The fourth-order valence-electron chi connectivity index (χ4n) is 1.52. The van der Waals surface area contributed by atoms with E-state index in [4.69, 9.17) is 21.4 Å². The number of hydrogen-bond acceptors (Lipinski definition) is 4. The van der Waals surface area contributed by atoms with Crippen molar-refractivity contribution in [2.45, 2.75) is 0 Å². The highest BCUT2D eigenvalue weighted by atomic mass is 79.9. The summed E-state index contributed by atoms with van der Waals surface area (Å²) in [6.45, 7) is 0. The molecular formula is C13H10BrClN2O3. The lowest BCUT2D eigenvalue weighted by atomic mass is 10.2. The number of pyridine rings is 1. The summed E-state index contributed by atoms with van der Waals surface area (Å²) < 4.78 is 6.01. The van der Waals surface area contributed by atoms with Crippen LogP contribution in [0.25, 0.3) is 0 Å². The predicted octanol–water partition coefficient (Wildman–Crippen LogP) is 3.95. The van der Waals surface area contributed by atoms with Crippen LogP contribution in [-0.2, 0) is 0 Å². The molecule has 7 heteroatoms. The summed E-state index contributed by atoms with van der Waals surface area (Å²) in [4.78, 5) is 14.8. The molecule has 0 spiro atoms. The maximum absolute atomic E-state index is 10.8. The monoisotopic (exact) mass is 356 g/mol. The lowest BCUT2D eigenvalue weighted by Gasteiger charge is -2.10. The molecule has 0 saturated heterocycles. The van der Waals surface area contributed by atoms with Crippen LogP contribution in [0.3, 0.4) is 0 Å². The molecule has 0 unspecified atom stereocenters. The summed E-state index contributed by atoms with van der Waals surface area (Å²) >= 11 is 9.36. The molecule has 0 aliphatic rings. The van der Waals surface area contributed by atoms with Gasteiger partial charge in [0.1, 0.15) is 11.6 Å². The first kappa shape index (κ1) is 14.6. The Hall–Kier alpha value is -1.79. The topological polar surface area (TPSA) is 71.5 Å². The van der Waals surface area contributed by atoms with Crippen LogP contribution < -0.4 is 10.1 Å². The molecule has 0 saturated carbocycles. The van der Waals surface area contributed by atoms with Crippen LogP contribution in [0.15, 0.2) is 34.9 Å². The first-order valence-corrected chi connectivity index (χ1v) is 6.67. The number of aromatic carboxylic acids is 1. The van der Waals surface area contributed by atoms with Gasteiger partial charge in [0.15, 0.2) is 0 Å². The van der Waals surface area contributed by atoms with Gasteiger partial charge >= 0.3 is 5.97 Å². The van der Waals surface area contributed by atoms with Crippen LogP contribution in [0.2, 0.25) is 5.02 Å². The number of hydrogen-bond donors (Lipinski definition) is 2. The lowest BCUT2D eigenvalue weighted by molar-refractivity contribution is 0.0696. The van der Waals surface area contributed by atoms with Gasteiger partial charge in [0.25, 0.3) is 0 Å². The van der Waals surface area contributed by atoms with E-state index in [1.165, 1.54) is 12.3 Å². The molecule has 2 N–H and O–H groups in total. The molecule has 20 heavy (non-hydrogen) atoms. The van der Waals surface area contributed by atoms with Crippen LogP contribution in [0, 0.1) is 0 Å². The maximum Gasteiger partial charge on any atom is 0.337 e. The molecule has 0 aliphatic heterocycles. The number of carboxylic acids is 1. The van der Waals surface area contributed by atoms with Gasteiger partial charge in [-0.2, -0.15) is 0 Å². The van der Waals surface area contributed by atoms with Gasteiger partial charge in [-0.1, -0.05) is 11.6 Å². The molecule has 2 rings (SSSR count). The number of nitrogens with zero attached hydrogens (tertiary/aromatic N) is 1. The second-order valence-corrected chi connectivity index (χ2v) is 5.10. The molecule has 0 atom stereocenters. The number of rotatable bonds is 4. The van der Waals surface area contributed by atoms with Crippen molar-refractivity contribution in [3.05, 3.63) is 45.5 Å². The van der Waals surface area contributed by atoms with Crippen LogP contribution in [-0.4, -0.2) is 23.2 Å². The normalized spacial score (nSPS) is 10.2. The highest BCUT2D eigenvalue weighted by Gasteiger charge is 2.09. The summed E-state index contributed by atoms with van der Waals surface area (Å²) in [6, 6.07) is 6.75. The number of nitrogens with one attached hydrogen (secondary N) is 1. The third-order valence-electron chi connectivity index (χ3n) is 2.50. The molecule has 1 aromatic heterocycles. The van der Waals surface area contributed by atoms with E-state index >= 15 is 0 Å². The third kappa shape index (κ3) is 3.20. The lowest BCUT2D eigenvalue weighted by Crippen LogP contribution is -2.00. The Bertz CT molecular complexity index is 664. The Labute approximate surface area is 128 Å². The zero-order valence-corrected chi connectivity index (χ0v) is 12.7. The summed E-state index contributed by atoms with van der Waals surface area (Å²) in [6.07, 6.45) is 1.24. The summed E-state index contributed by atoms with van der Waals surface area (Å²) in [5, 5.41) is 12.1. The zero-order chi connectivity index (χ0) is 14.7. The Morgan fingerprint density at radius 3 is 2.80 bits per heavy atom. The minimum atomic E-state index is -1.07. The average Bonchev–Trinajstić information content (AvgIpc) is 2.42. The van der Waals surface area contributed by atoms with Gasteiger partial charge in [0, 0.05) is 18.0 Å². The zero-order valence-electron chi connectivity index (χ0n) is 10.4. The van der Waals surface area contributed by atoms with E-state index in [1.807, 2.05) is 12.1 Å². The number of benzene rings is 1.